The van der Waals surface area contributed by atoms with Crippen LogP contribution in [0.4, 0.5) is 0 Å². The van der Waals surface area contributed by atoms with Crippen molar-refractivity contribution in [2.45, 2.75) is 19.3 Å². The minimum Gasteiger partial charge on any atom is -0.371 e. The quantitative estimate of drug-likeness (QED) is 0.866. The molecule has 5 nitrogen and oxygen atoms in total. The highest BCUT2D eigenvalue weighted by Crippen LogP contribution is 2.30. The van der Waals surface area contributed by atoms with E-state index in [1.54, 1.807) is 12.4 Å². The number of nitrogens with one attached hydrogen (secondary N) is 2. The van der Waals surface area contributed by atoms with Gasteiger partial charge in [-0.3, -0.25) is 10.5 Å². The number of H-pyrrole nitrogens is 1. The molecule has 0 amide bonds. The van der Waals surface area contributed by atoms with Gasteiger partial charge in [0.2, 0.25) is 0 Å². The summed E-state index contributed by atoms with van der Waals surface area (Å²) < 4.78 is 0. The molecule has 0 saturated carbocycles. The van der Waals surface area contributed by atoms with E-state index < -0.39 is 0 Å². The first kappa shape index (κ1) is 12.7. The molecule has 0 atom stereocenters. The lowest BCUT2D eigenvalue weighted by Gasteiger charge is -2.32. The summed E-state index contributed by atoms with van der Waals surface area (Å²) in [6.07, 6.45) is 13.2. The smallest absolute Gasteiger partial charge is 0.0566 e. The van der Waals surface area contributed by atoms with E-state index >= 15 is 0 Å². The lowest BCUT2D eigenvalue weighted by molar-refractivity contribution is 0.291. The second-order valence-electron chi connectivity index (χ2n) is 5.03. The molecule has 104 valence electrons. The number of aromatic nitrogens is 2. The average Bonchev–Trinajstić information content (AvgIpc) is 2.98. The van der Waals surface area contributed by atoms with Crippen LogP contribution in [0.2, 0.25) is 0 Å². The third-order valence-corrected chi connectivity index (χ3v) is 3.73. The predicted molar refractivity (Wildman–Crippen MR) is 80.8 cm³/mol. The largest absolute Gasteiger partial charge is 0.371 e. The maximum absolute atomic E-state index is 4.29. The molecule has 0 unspecified atom stereocenters. The van der Waals surface area contributed by atoms with Gasteiger partial charge >= 0.3 is 0 Å². The van der Waals surface area contributed by atoms with Gasteiger partial charge in [0.1, 0.15) is 0 Å². The Balaban J connectivity index is 1.92. The van der Waals surface area contributed by atoms with Crippen molar-refractivity contribution in [1.82, 2.24) is 20.5 Å². The van der Waals surface area contributed by atoms with E-state index in [-0.39, 0.29) is 0 Å². The molecular formula is C15H19N5. The number of hydrazone groups is 1. The van der Waals surface area contributed by atoms with E-state index in [1.807, 2.05) is 18.5 Å². The summed E-state index contributed by atoms with van der Waals surface area (Å²) in [4.78, 5) is 2.40. The number of aromatic amines is 1. The Kier molecular flexibility index (Phi) is 3.67. The summed E-state index contributed by atoms with van der Waals surface area (Å²) in [6, 6.07) is 0. The Morgan fingerprint density at radius 1 is 1.20 bits per heavy atom. The summed E-state index contributed by atoms with van der Waals surface area (Å²) in [5.41, 5.74) is 7.12. The van der Waals surface area contributed by atoms with Gasteiger partial charge in [-0.25, -0.2) is 0 Å². The Morgan fingerprint density at radius 3 is 2.80 bits per heavy atom. The molecule has 0 spiro atoms. The van der Waals surface area contributed by atoms with E-state index in [0.717, 1.165) is 35.5 Å². The molecule has 3 heterocycles. The zero-order chi connectivity index (χ0) is 13.8. The lowest BCUT2D eigenvalue weighted by atomic mass is 9.97. The van der Waals surface area contributed by atoms with E-state index in [0.29, 0.717) is 0 Å². The molecule has 20 heavy (non-hydrogen) atoms. The summed E-state index contributed by atoms with van der Waals surface area (Å²) in [5.74, 6) is 0. The number of rotatable bonds is 2. The topological polar surface area (TPSA) is 56.3 Å². The molecule has 0 aromatic carbocycles. The van der Waals surface area contributed by atoms with Crippen molar-refractivity contribution in [3.05, 3.63) is 48.1 Å². The molecule has 1 fully saturated rings. The van der Waals surface area contributed by atoms with Crippen LogP contribution in [0, 0.1) is 0 Å². The number of piperidine rings is 1. The number of allylic oxidation sites excluding steroid dienone is 2. The van der Waals surface area contributed by atoms with Crippen LogP contribution in [0.1, 0.15) is 24.8 Å². The van der Waals surface area contributed by atoms with Gasteiger partial charge in [-0.15, -0.1) is 0 Å². The number of likely N-dealkylation sites (tertiary alicyclic amines) is 1. The molecule has 1 aromatic heterocycles. The van der Waals surface area contributed by atoms with Crippen molar-refractivity contribution in [2.75, 3.05) is 13.1 Å². The van der Waals surface area contributed by atoms with Crippen LogP contribution in [0.15, 0.2) is 47.6 Å². The summed E-state index contributed by atoms with van der Waals surface area (Å²) in [6.45, 7) is 6.46. The van der Waals surface area contributed by atoms with Gasteiger partial charge in [0.05, 0.1) is 6.20 Å². The third kappa shape index (κ3) is 2.52. The standard InChI is InChI=1S/C15H19N5/c1-12-14(13-9-17-18-10-13)11-19-16-6-5-15(12)20-7-3-2-4-8-20/h5-6,9-11,19H,1-4,7-8H2,(H,17,18)/b14-11+,15-5?,16-6-. The van der Waals surface area contributed by atoms with Gasteiger partial charge in [-0.1, -0.05) is 6.58 Å². The van der Waals surface area contributed by atoms with Crippen LogP contribution in [0.5, 0.6) is 0 Å². The minimum absolute atomic E-state index is 1.01. The zero-order valence-electron chi connectivity index (χ0n) is 11.5. The Morgan fingerprint density at radius 2 is 2.05 bits per heavy atom. The molecular weight excluding hydrogens is 250 g/mol. The highest BCUT2D eigenvalue weighted by molar-refractivity contribution is 5.86. The van der Waals surface area contributed by atoms with Gasteiger partial charge in [0.15, 0.2) is 0 Å². The van der Waals surface area contributed by atoms with Crippen LogP contribution >= 0.6 is 0 Å². The van der Waals surface area contributed by atoms with Crippen molar-refractivity contribution < 1.29 is 0 Å². The molecule has 2 aliphatic rings. The fourth-order valence-electron chi connectivity index (χ4n) is 2.67. The van der Waals surface area contributed by atoms with Gasteiger partial charge in [-0.05, 0) is 25.3 Å². The molecule has 5 heteroatoms. The van der Waals surface area contributed by atoms with Gasteiger partial charge in [-0.2, -0.15) is 10.2 Å². The molecule has 0 aliphatic carbocycles. The lowest BCUT2D eigenvalue weighted by Crippen LogP contribution is -2.30. The summed E-state index contributed by atoms with van der Waals surface area (Å²) in [7, 11) is 0. The first-order valence-electron chi connectivity index (χ1n) is 6.99. The molecule has 3 rings (SSSR count). The summed E-state index contributed by atoms with van der Waals surface area (Å²) >= 11 is 0. The fraction of sp³-hybridized carbons (Fsp3) is 0.333. The maximum atomic E-state index is 4.29. The van der Waals surface area contributed by atoms with Gasteiger partial charge in [0.25, 0.3) is 0 Å². The van der Waals surface area contributed by atoms with Crippen LogP contribution < -0.4 is 5.43 Å². The van der Waals surface area contributed by atoms with E-state index in [9.17, 15) is 0 Å². The predicted octanol–water partition coefficient (Wildman–Crippen LogP) is 2.27. The minimum atomic E-state index is 1.01. The van der Waals surface area contributed by atoms with E-state index in [2.05, 4.69) is 32.2 Å². The number of hydrogen-bond donors (Lipinski definition) is 2. The van der Waals surface area contributed by atoms with Crippen molar-refractivity contribution in [1.29, 1.82) is 0 Å². The van der Waals surface area contributed by atoms with Crippen LogP contribution in [-0.4, -0.2) is 34.4 Å². The Hall–Kier alpha value is -2.30. The van der Waals surface area contributed by atoms with E-state index in [4.69, 9.17) is 0 Å². The van der Waals surface area contributed by atoms with Gasteiger partial charge < -0.3 is 4.90 Å². The highest BCUT2D eigenvalue weighted by Gasteiger charge is 2.19. The SMILES string of the molecule is C=C1C(N2CCCCC2)=C/C=N\N/C=C\1c1cn[nH]c1. The van der Waals surface area contributed by atoms with Crippen molar-refractivity contribution in [3.63, 3.8) is 0 Å². The second-order valence-corrected chi connectivity index (χ2v) is 5.03. The molecule has 2 N–H and O–H groups in total. The highest BCUT2D eigenvalue weighted by atomic mass is 15.3. The molecule has 0 radical (unpaired) electrons. The first-order chi connectivity index (χ1) is 9.86. The molecule has 2 aliphatic heterocycles. The number of nitrogens with zero attached hydrogens (tertiary/aromatic N) is 3. The van der Waals surface area contributed by atoms with Gasteiger partial charge in [0, 0.05) is 54.1 Å². The third-order valence-electron chi connectivity index (χ3n) is 3.73. The molecule has 1 aromatic rings. The van der Waals surface area contributed by atoms with Crippen LogP contribution in [0.25, 0.3) is 5.57 Å². The van der Waals surface area contributed by atoms with Crippen molar-refractivity contribution in [2.24, 2.45) is 5.10 Å². The molecule has 0 bridgehead atoms. The monoisotopic (exact) mass is 269 g/mol. The average molecular weight is 269 g/mol. The first-order valence-corrected chi connectivity index (χ1v) is 6.99. The van der Waals surface area contributed by atoms with Crippen LogP contribution in [0.3, 0.4) is 0 Å². The fourth-order valence-corrected chi connectivity index (χ4v) is 2.67. The van der Waals surface area contributed by atoms with Crippen LogP contribution in [-0.2, 0) is 0 Å². The van der Waals surface area contributed by atoms with Crippen molar-refractivity contribution >= 4 is 11.8 Å². The Labute approximate surface area is 118 Å². The van der Waals surface area contributed by atoms with E-state index in [1.165, 1.54) is 19.3 Å². The normalized spacial score (nSPS) is 24.0. The zero-order valence-corrected chi connectivity index (χ0v) is 11.5. The number of hydrogen-bond acceptors (Lipinski definition) is 4. The second kappa shape index (κ2) is 5.77. The summed E-state index contributed by atoms with van der Waals surface area (Å²) in [5, 5.41) is 11.0. The maximum Gasteiger partial charge on any atom is 0.0566 e. The Bertz CT molecular complexity index is 559. The molecule has 1 saturated heterocycles. The van der Waals surface area contributed by atoms with Crippen molar-refractivity contribution in [3.8, 4) is 0 Å².